The molecule has 0 radical (unpaired) electrons. The summed E-state index contributed by atoms with van der Waals surface area (Å²) < 4.78 is 10.4. The van der Waals surface area contributed by atoms with Gasteiger partial charge in [-0.25, -0.2) is 0 Å². The Bertz CT molecular complexity index is 289. The molecule has 0 aromatic carbocycles. The van der Waals surface area contributed by atoms with Crippen molar-refractivity contribution in [3.8, 4) is 0 Å². The average Bonchev–Trinajstić information content (AvgIpc) is 2.52. The zero-order chi connectivity index (χ0) is 16.6. The van der Waals surface area contributed by atoms with E-state index in [4.69, 9.17) is 9.47 Å². The number of hydrogen-bond acceptors (Lipinski definition) is 4. The van der Waals surface area contributed by atoms with Crippen molar-refractivity contribution in [1.29, 1.82) is 0 Å². The van der Waals surface area contributed by atoms with E-state index in [1.54, 1.807) is 0 Å². The molecule has 130 valence electrons. The zero-order valence-corrected chi connectivity index (χ0v) is 14.7. The first-order valence-electron chi connectivity index (χ1n) is 8.97. The molecule has 0 spiro atoms. The summed E-state index contributed by atoms with van der Waals surface area (Å²) >= 11 is 0. The number of ether oxygens (including phenoxy) is 2. The van der Waals surface area contributed by atoms with Gasteiger partial charge in [0.2, 0.25) is 0 Å². The second-order valence-corrected chi connectivity index (χ2v) is 5.82. The van der Waals surface area contributed by atoms with Crippen LogP contribution in [0.3, 0.4) is 0 Å². The van der Waals surface area contributed by atoms with Gasteiger partial charge in [-0.2, -0.15) is 0 Å². The minimum Gasteiger partial charge on any atom is -0.466 e. The van der Waals surface area contributed by atoms with Crippen LogP contribution in [0.15, 0.2) is 0 Å². The Morgan fingerprint density at radius 3 is 1.82 bits per heavy atom. The first-order chi connectivity index (χ1) is 10.7. The molecule has 0 amide bonds. The highest BCUT2D eigenvalue weighted by molar-refractivity contribution is 5.79. The quantitative estimate of drug-likeness (QED) is 0.346. The second kappa shape index (κ2) is 14.9. The summed E-state index contributed by atoms with van der Waals surface area (Å²) in [4.78, 5) is 23.7. The Labute approximate surface area is 135 Å². The number of rotatable bonds is 14. The topological polar surface area (TPSA) is 52.6 Å². The number of carbonyl (C=O) groups excluding carboxylic acids is 2. The summed E-state index contributed by atoms with van der Waals surface area (Å²) in [5.41, 5.74) is 0. The van der Waals surface area contributed by atoms with Gasteiger partial charge in [0.1, 0.15) is 0 Å². The van der Waals surface area contributed by atoms with Gasteiger partial charge in [-0.1, -0.05) is 59.3 Å². The molecule has 0 rings (SSSR count). The Hall–Kier alpha value is -1.06. The molecule has 0 fully saturated rings. The molecule has 0 bridgehead atoms. The highest BCUT2D eigenvalue weighted by Gasteiger charge is 2.22. The van der Waals surface area contributed by atoms with Crippen LogP contribution in [0.4, 0.5) is 0 Å². The van der Waals surface area contributed by atoms with E-state index >= 15 is 0 Å². The van der Waals surface area contributed by atoms with Gasteiger partial charge in [0.25, 0.3) is 0 Å². The minimum atomic E-state index is -0.366. The summed E-state index contributed by atoms with van der Waals surface area (Å²) in [6, 6.07) is 0. The van der Waals surface area contributed by atoms with Crippen LogP contribution in [0.1, 0.15) is 85.0 Å². The largest absolute Gasteiger partial charge is 0.466 e. The molecule has 4 nitrogen and oxygen atoms in total. The maximum absolute atomic E-state index is 11.9. The van der Waals surface area contributed by atoms with Gasteiger partial charge in [-0.15, -0.1) is 0 Å². The van der Waals surface area contributed by atoms with E-state index in [0.29, 0.717) is 19.6 Å². The van der Waals surface area contributed by atoms with Crippen molar-refractivity contribution in [2.24, 2.45) is 5.92 Å². The van der Waals surface area contributed by atoms with Gasteiger partial charge in [0.15, 0.2) is 0 Å². The fourth-order valence-corrected chi connectivity index (χ4v) is 2.19. The lowest BCUT2D eigenvalue weighted by molar-refractivity contribution is -0.155. The third-order valence-electron chi connectivity index (χ3n) is 3.74. The lowest BCUT2D eigenvalue weighted by Crippen LogP contribution is -2.22. The van der Waals surface area contributed by atoms with Crippen molar-refractivity contribution in [3.05, 3.63) is 0 Å². The Morgan fingerprint density at radius 1 is 0.773 bits per heavy atom. The van der Waals surface area contributed by atoms with Gasteiger partial charge >= 0.3 is 11.9 Å². The third kappa shape index (κ3) is 11.6. The summed E-state index contributed by atoms with van der Waals surface area (Å²) in [6.07, 6.45) is 9.37. The summed E-state index contributed by atoms with van der Waals surface area (Å²) in [6.45, 7) is 7.11. The highest BCUT2D eigenvalue weighted by atomic mass is 16.5. The van der Waals surface area contributed by atoms with Crippen LogP contribution in [-0.2, 0) is 19.1 Å². The molecular formula is C18H34O4. The second-order valence-electron chi connectivity index (χ2n) is 5.82. The highest BCUT2D eigenvalue weighted by Crippen LogP contribution is 2.13. The molecule has 22 heavy (non-hydrogen) atoms. The molecule has 0 aliphatic carbocycles. The number of carbonyl (C=O) groups is 2. The fourth-order valence-electron chi connectivity index (χ4n) is 2.19. The minimum absolute atomic E-state index is 0.137. The van der Waals surface area contributed by atoms with Gasteiger partial charge in [0.05, 0.1) is 25.6 Å². The van der Waals surface area contributed by atoms with Crippen LogP contribution in [0, 0.1) is 5.92 Å². The Kier molecular flexibility index (Phi) is 14.1. The van der Waals surface area contributed by atoms with E-state index in [2.05, 4.69) is 13.8 Å². The van der Waals surface area contributed by atoms with Gasteiger partial charge in [0, 0.05) is 0 Å². The normalized spacial score (nSPS) is 12.0. The van der Waals surface area contributed by atoms with Gasteiger partial charge < -0.3 is 9.47 Å². The maximum Gasteiger partial charge on any atom is 0.309 e. The van der Waals surface area contributed by atoms with Gasteiger partial charge in [-0.3, -0.25) is 9.59 Å². The molecule has 1 unspecified atom stereocenters. The molecule has 0 aromatic rings. The molecule has 0 heterocycles. The first kappa shape index (κ1) is 20.9. The summed E-state index contributed by atoms with van der Waals surface area (Å²) in [7, 11) is 0. The molecule has 0 aliphatic heterocycles. The van der Waals surface area contributed by atoms with Crippen molar-refractivity contribution in [2.75, 3.05) is 13.2 Å². The van der Waals surface area contributed by atoms with E-state index in [-0.39, 0.29) is 24.3 Å². The van der Waals surface area contributed by atoms with E-state index < -0.39 is 0 Å². The number of unbranched alkanes of at least 4 members (excludes halogenated alkanes) is 6. The van der Waals surface area contributed by atoms with Crippen molar-refractivity contribution in [3.63, 3.8) is 0 Å². The van der Waals surface area contributed by atoms with Crippen molar-refractivity contribution in [2.45, 2.75) is 85.0 Å². The smallest absolute Gasteiger partial charge is 0.309 e. The number of esters is 2. The van der Waals surface area contributed by atoms with Crippen molar-refractivity contribution in [1.82, 2.24) is 0 Å². The molecule has 0 aromatic heterocycles. The molecule has 4 heteroatoms. The Morgan fingerprint density at radius 2 is 1.32 bits per heavy atom. The SMILES string of the molecule is CCCCCCOC(=O)CC(CC)C(=O)OCCCCCC. The van der Waals surface area contributed by atoms with Crippen molar-refractivity contribution < 1.29 is 19.1 Å². The fraction of sp³-hybridized carbons (Fsp3) is 0.889. The Balaban J connectivity index is 3.82. The van der Waals surface area contributed by atoms with E-state index in [1.807, 2.05) is 6.92 Å². The monoisotopic (exact) mass is 314 g/mol. The molecular weight excluding hydrogens is 280 g/mol. The molecule has 1 atom stereocenters. The summed E-state index contributed by atoms with van der Waals surface area (Å²) in [5.74, 6) is -0.914. The third-order valence-corrected chi connectivity index (χ3v) is 3.74. The maximum atomic E-state index is 11.9. The van der Waals surface area contributed by atoms with Gasteiger partial charge in [-0.05, 0) is 19.3 Å². The van der Waals surface area contributed by atoms with E-state index in [0.717, 1.165) is 38.5 Å². The molecule has 0 aliphatic rings. The average molecular weight is 314 g/mol. The van der Waals surface area contributed by atoms with Crippen LogP contribution in [0.2, 0.25) is 0 Å². The standard InChI is InChI=1S/C18H34O4/c1-4-7-9-11-13-21-17(19)15-16(6-3)18(20)22-14-12-10-8-5-2/h16H,4-15H2,1-3H3. The molecule has 0 saturated carbocycles. The van der Waals surface area contributed by atoms with E-state index in [1.165, 1.54) is 12.8 Å². The summed E-state index contributed by atoms with van der Waals surface area (Å²) in [5, 5.41) is 0. The molecule has 0 saturated heterocycles. The van der Waals surface area contributed by atoms with Crippen LogP contribution in [0.25, 0.3) is 0 Å². The van der Waals surface area contributed by atoms with Crippen LogP contribution in [-0.4, -0.2) is 25.2 Å². The molecule has 0 N–H and O–H groups in total. The lowest BCUT2D eigenvalue weighted by atomic mass is 10.0. The van der Waals surface area contributed by atoms with Crippen LogP contribution in [0.5, 0.6) is 0 Å². The predicted octanol–water partition coefficient (Wildman–Crippen LogP) is 4.65. The predicted molar refractivity (Wildman–Crippen MR) is 88.6 cm³/mol. The van der Waals surface area contributed by atoms with E-state index in [9.17, 15) is 9.59 Å². The van der Waals surface area contributed by atoms with Crippen LogP contribution < -0.4 is 0 Å². The van der Waals surface area contributed by atoms with Crippen LogP contribution >= 0.6 is 0 Å². The van der Waals surface area contributed by atoms with Crippen molar-refractivity contribution >= 4 is 11.9 Å². The zero-order valence-electron chi connectivity index (χ0n) is 14.7. The first-order valence-corrected chi connectivity index (χ1v) is 8.97. The number of hydrogen-bond donors (Lipinski definition) is 0. The lowest BCUT2D eigenvalue weighted by Gasteiger charge is -2.13.